The summed E-state index contributed by atoms with van der Waals surface area (Å²) in [6.07, 6.45) is 10.9. The predicted octanol–water partition coefficient (Wildman–Crippen LogP) is -1.43. The molecule has 0 radical (unpaired) electrons. The van der Waals surface area contributed by atoms with Gasteiger partial charge in [-0.15, -0.1) is 0 Å². The molecule has 2 aliphatic carbocycles. The summed E-state index contributed by atoms with van der Waals surface area (Å²) in [6, 6.07) is 13.4. The van der Waals surface area contributed by atoms with Crippen LogP contribution in [0.2, 0.25) is 0 Å². The smallest absolute Gasteiger partial charge is 1.00 e. The fourth-order valence-corrected chi connectivity index (χ4v) is 3.23. The van der Waals surface area contributed by atoms with Crippen molar-refractivity contribution in [3.8, 4) is 0 Å². The average molecular weight is 357 g/mol. The second-order valence-corrected chi connectivity index (χ2v) is 5.57. The van der Waals surface area contributed by atoms with E-state index in [0.717, 1.165) is 0 Å². The minimum atomic E-state index is 0. The maximum absolute atomic E-state index is 2.26. The Hall–Kier alpha value is -0.00571. The molecule has 4 rings (SSSR count). The molecular weight excluding hydrogens is 335 g/mol. The Morgan fingerprint density at radius 3 is 2.43 bits per heavy atom. The minimum Gasteiger partial charge on any atom is -1.00 e. The van der Waals surface area contributed by atoms with Crippen LogP contribution in [-0.2, 0) is 47.4 Å². The van der Waals surface area contributed by atoms with Gasteiger partial charge in [0.25, 0.3) is 0 Å². The van der Waals surface area contributed by atoms with E-state index in [1.165, 1.54) is 51.4 Å². The summed E-state index contributed by atoms with van der Waals surface area (Å²) in [5.41, 5.74) is 6.39. The van der Waals surface area contributed by atoms with Gasteiger partial charge in [0.15, 0.2) is 0 Å². The summed E-state index contributed by atoms with van der Waals surface area (Å²) < 4.78 is 0. The molecule has 0 bridgehead atoms. The van der Waals surface area contributed by atoms with E-state index >= 15 is 0 Å². The van der Waals surface area contributed by atoms with Crippen molar-refractivity contribution in [2.75, 3.05) is 0 Å². The van der Waals surface area contributed by atoms with Gasteiger partial charge < -0.3 is 24.8 Å². The number of hydrogen-bond donors (Lipinski definition) is 0. The Labute approximate surface area is 156 Å². The Kier molecular flexibility index (Phi) is 10.7. The van der Waals surface area contributed by atoms with Crippen LogP contribution in [0.15, 0.2) is 36.4 Å². The van der Waals surface area contributed by atoms with Crippen LogP contribution in [0.25, 0.3) is 0 Å². The van der Waals surface area contributed by atoms with Gasteiger partial charge in [0.1, 0.15) is 0 Å². The Bertz CT molecular complexity index is 412. The molecular formula is C18H22Cl2Ti. The van der Waals surface area contributed by atoms with E-state index in [4.69, 9.17) is 0 Å². The molecule has 0 saturated carbocycles. The van der Waals surface area contributed by atoms with Crippen LogP contribution in [0, 0.1) is 0 Å². The Morgan fingerprint density at radius 1 is 0.905 bits per heavy atom. The Morgan fingerprint density at radius 2 is 1.67 bits per heavy atom. The molecule has 0 spiro atoms. The van der Waals surface area contributed by atoms with E-state index in [2.05, 4.69) is 36.4 Å². The van der Waals surface area contributed by atoms with Gasteiger partial charge in [0.2, 0.25) is 0 Å². The van der Waals surface area contributed by atoms with Gasteiger partial charge in [0, 0.05) is 0 Å². The molecule has 0 heterocycles. The van der Waals surface area contributed by atoms with Crippen LogP contribution < -0.4 is 24.8 Å². The molecule has 3 heteroatoms. The molecule has 112 valence electrons. The van der Waals surface area contributed by atoms with Crippen molar-refractivity contribution in [1.82, 2.24) is 0 Å². The first-order valence-corrected chi connectivity index (χ1v) is 7.40. The van der Waals surface area contributed by atoms with E-state index in [9.17, 15) is 0 Å². The summed E-state index contributed by atoms with van der Waals surface area (Å²) in [6.45, 7) is 0. The minimum absolute atomic E-state index is 0. The van der Waals surface area contributed by atoms with Crippen LogP contribution in [-0.4, -0.2) is 0 Å². The number of halogens is 2. The number of fused-ring (bicyclic) bond motifs is 2. The average Bonchev–Trinajstić information content (AvgIpc) is 3.08. The first kappa shape index (κ1) is 21.0. The molecule has 0 atom stereocenters. The van der Waals surface area contributed by atoms with Crippen molar-refractivity contribution < 1.29 is 46.5 Å². The van der Waals surface area contributed by atoms with Crippen LogP contribution in [0.3, 0.4) is 0 Å². The van der Waals surface area contributed by atoms with E-state index in [1.54, 1.807) is 22.3 Å². The third kappa shape index (κ3) is 5.60. The summed E-state index contributed by atoms with van der Waals surface area (Å²) in [4.78, 5) is 0. The summed E-state index contributed by atoms with van der Waals surface area (Å²) in [5, 5.41) is 0. The van der Waals surface area contributed by atoms with Crippen LogP contribution in [0.1, 0.15) is 47.9 Å². The first-order valence-electron chi connectivity index (χ1n) is 7.40. The van der Waals surface area contributed by atoms with E-state index < -0.39 is 0 Å². The van der Waals surface area contributed by atoms with Crippen LogP contribution in [0.4, 0.5) is 0 Å². The van der Waals surface area contributed by atoms with E-state index in [1.807, 2.05) is 0 Å². The maximum Gasteiger partial charge on any atom is 4.00 e. The molecule has 0 aliphatic heterocycles. The quantitative estimate of drug-likeness (QED) is 0.401. The first-order chi connectivity index (χ1) is 8.93. The van der Waals surface area contributed by atoms with E-state index in [0.29, 0.717) is 0 Å². The van der Waals surface area contributed by atoms with Gasteiger partial charge in [0.05, 0.1) is 0 Å². The standard InChI is InChI=1S/2C9H11.2ClH.Ti/c2*1-2-5-9-7-3-6-8(9)4-1;;;/h2*3,6-7H,1-2,4-5H2;2*1H;/q2*-1;;;+4/p-2. The van der Waals surface area contributed by atoms with Gasteiger partial charge in [-0.3, -0.25) is 0 Å². The maximum atomic E-state index is 2.26. The predicted molar refractivity (Wildman–Crippen MR) is 77.4 cm³/mol. The fraction of sp³-hybridized carbons (Fsp3) is 0.444. The van der Waals surface area contributed by atoms with Crippen LogP contribution >= 0.6 is 0 Å². The topological polar surface area (TPSA) is 0 Å². The molecule has 0 unspecified atom stereocenters. The third-order valence-electron chi connectivity index (χ3n) is 4.30. The van der Waals surface area contributed by atoms with Gasteiger partial charge in [-0.2, -0.15) is 40.5 Å². The molecule has 0 fully saturated rings. The monoisotopic (exact) mass is 356 g/mol. The zero-order valence-electron chi connectivity index (χ0n) is 12.4. The van der Waals surface area contributed by atoms with Gasteiger partial charge in [-0.25, -0.2) is 18.2 Å². The van der Waals surface area contributed by atoms with Gasteiger partial charge in [-0.1, -0.05) is 51.4 Å². The molecule has 0 aromatic heterocycles. The number of rotatable bonds is 0. The number of aryl methyl sites for hydroxylation is 4. The summed E-state index contributed by atoms with van der Waals surface area (Å²) in [7, 11) is 0. The number of hydrogen-bond acceptors (Lipinski definition) is 0. The second-order valence-electron chi connectivity index (χ2n) is 5.57. The van der Waals surface area contributed by atoms with Crippen molar-refractivity contribution in [3.05, 3.63) is 58.7 Å². The van der Waals surface area contributed by atoms with Crippen molar-refractivity contribution >= 4 is 0 Å². The molecule has 2 aromatic rings. The van der Waals surface area contributed by atoms with Crippen molar-refractivity contribution in [2.24, 2.45) is 0 Å². The molecule has 21 heavy (non-hydrogen) atoms. The molecule has 2 aromatic carbocycles. The molecule has 2 aliphatic rings. The zero-order chi connectivity index (χ0) is 12.2. The fourth-order valence-electron chi connectivity index (χ4n) is 3.23. The molecule has 0 nitrogen and oxygen atoms in total. The molecule has 0 saturated heterocycles. The van der Waals surface area contributed by atoms with Gasteiger partial charge >= 0.3 is 21.7 Å². The van der Waals surface area contributed by atoms with Crippen molar-refractivity contribution in [3.63, 3.8) is 0 Å². The van der Waals surface area contributed by atoms with Crippen LogP contribution in [0.5, 0.6) is 0 Å². The largest absolute Gasteiger partial charge is 4.00 e. The third-order valence-corrected chi connectivity index (χ3v) is 4.30. The molecule has 0 N–H and O–H groups in total. The normalized spacial score (nSPS) is 14.9. The van der Waals surface area contributed by atoms with E-state index in [-0.39, 0.29) is 46.5 Å². The second kappa shape index (κ2) is 10.7. The van der Waals surface area contributed by atoms with Gasteiger partial charge in [-0.05, 0) is 0 Å². The Balaban J connectivity index is 0.000000333. The van der Waals surface area contributed by atoms with Crippen molar-refractivity contribution in [1.29, 1.82) is 0 Å². The summed E-state index contributed by atoms with van der Waals surface area (Å²) >= 11 is 0. The SMILES string of the molecule is [Cl-].[Cl-].[Ti+4].c1cc2[c-](c1)CCCC2.c1cc2c([cH-]1)CCCC2. The summed E-state index contributed by atoms with van der Waals surface area (Å²) in [5.74, 6) is 0. The molecule has 0 amide bonds. The van der Waals surface area contributed by atoms with Crippen molar-refractivity contribution in [2.45, 2.75) is 51.4 Å². The zero-order valence-corrected chi connectivity index (χ0v) is 15.5.